The molecule has 0 bridgehead atoms. The molecule has 0 amide bonds. The molecule has 2 rings (SSSR count). The number of hydrogen-bond donors (Lipinski definition) is 1. The molecule has 1 N–H and O–H groups in total. The summed E-state index contributed by atoms with van der Waals surface area (Å²) in [6.45, 7) is 10.00. The predicted octanol–water partition coefficient (Wildman–Crippen LogP) is 3.60. The van der Waals surface area contributed by atoms with Crippen LogP contribution in [0.15, 0.2) is 18.2 Å². The van der Waals surface area contributed by atoms with E-state index in [4.69, 9.17) is 4.74 Å². The van der Waals surface area contributed by atoms with Gasteiger partial charge >= 0.3 is 0 Å². The molecule has 0 radical (unpaired) electrons. The van der Waals surface area contributed by atoms with E-state index in [0.29, 0.717) is 18.1 Å². The predicted molar refractivity (Wildman–Crippen MR) is 75.7 cm³/mol. The SMILES string of the molecule is Cc1ccc(F)c(C2OCCC2CNC(C)(C)C)c1. The van der Waals surface area contributed by atoms with Gasteiger partial charge in [0.2, 0.25) is 0 Å². The van der Waals surface area contributed by atoms with Gasteiger partial charge in [-0.3, -0.25) is 0 Å². The summed E-state index contributed by atoms with van der Waals surface area (Å²) in [6, 6.07) is 5.26. The topological polar surface area (TPSA) is 21.3 Å². The molecule has 3 heteroatoms. The Hall–Kier alpha value is -0.930. The zero-order valence-corrected chi connectivity index (χ0v) is 12.3. The molecule has 1 aliphatic heterocycles. The molecule has 2 nitrogen and oxygen atoms in total. The van der Waals surface area contributed by atoms with Gasteiger partial charge in [0.05, 0.1) is 6.10 Å². The molecule has 1 saturated heterocycles. The molecule has 0 aromatic heterocycles. The van der Waals surface area contributed by atoms with Gasteiger partial charge < -0.3 is 10.1 Å². The first-order valence-electron chi connectivity index (χ1n) is 6.99. The second-order valence-electron chi connectivity index (χ2n) is 6.50. The molecular formula is C16H24FNO. The Kier molecular flexibility index (Phi) is 4.26. The lowest BCUT2D eigenvalue weighted by Gasteiger charge is -2.26. The van der Waals surface area contributed by atoms with Crippen LogP contribution in [0.3, 0.4) is 0 Å². The lowest BCUT2D eigenvalue weighted by molar-refractivity contribution is 0.0859. The molecule has 0 aliphatic carbocycles. The standard InChI is InChI=1S/C16H24FNO/c1-11-5-6-14(17)13(9-11)15-12(7-8-19-15)10-18-16(2,3)4/h5-6,9,12,15,18H,7-8,10H2,1-4H3. The van der Waals surface area contributed by atoms with Crippen molar-refractivity contribution in [3.63, 3.8) is 0 Å². The van der Waals surface area contributed by atoms with Gasteiger partial charge in [0, 0.05) is 30.2 Å². The van der Waals surface area contributed by atoms with E-state index in [1.54, 1.807) is 12.1 Å². The summed E-state index contributed by atoms with van der Waals surface area (Å²) in [5.41, 5.74) is 1.87. The fourth-order valence-corrected chi connectivity index (χ4v) is 2.51. The third-order valence-corrected chi connectivity index (χ3v) is 3.57. The highest BCUT2D eigenvalue weighted by atomic mass is 19.1. The third-order valence-electron chi connectivity index (χ3n) is 3.57. The van der Waals surface area contributed by atoms with E-state index < -0.39 is 0 Å². The van der Waals surface area contributed by atoms with Gasteiger partial charge in [0.15, 0.2) is 0 Å². The second-order valence-corrected chi connectivity index (χ2v) is 6.50. The summed E-state index contributed by atoms with van der Waals surface area (Å²) in [4.78, 5) is 0. The van der Waals surface area contributed by atoms with Crippen LogP contribution < -0.4 is 5.32 Å². The fraction of sp³-hybridized carbons (Fsp3) is 0.625. The van der Waals surface area contributed by atoms with E-state index in [1.165, 1.54) is 0 Å². The number of aryl methyl sites for hydroxylation is 1. The Labute approximate surface area is 115 Å². The van der Waals surface area contributed by atoms with Crippen molar-refractivity contribution in [3.8, 4) is 0 Å². The highest BCUT2D eigenvalue weighted by Crippen LogP contribution is 2.36. The molecule has 106 valence electrons. The first-order valence-corrected chi connectivity index (χ1v) is 6.99. The van der Waals surface area contributed by atoms with Gasteiger partial charge in [0.1, 0.15) is 5.82 Å². The number of ether oxygens (including phenoxy) is 1. The lowest BCUT2D eigenvalue weighted by atomic mass is 9.93. The third kappa shape index (κ3) is 3.77. The molecule has 1 fully saturated rings. The van der Waals surface area contributed by atoms with Crippen LogP contribution >= 0.6 is 0 Å². The van der Waals surface area contributed by atoms with Gasteiger partial charge in [-0.2, -0.15) is 0 Å². The average Bonchev–Trinajstić information content (AvgIpc) is 2.77. The first-order chi connectivity index (χ1) is 8.87. The van der Waals surface area contributed by atoms with Crippen molar-refractivity contribution in [2.75, 3.05) is 13.2 Å². The molecule has 1 heterocycles. The summed E-state index contributed by atoms with van der Waals surface area (Å²) in [5, 5.41) is 3.50. The monoisotopic (exact) mass is 265 g/mol. The maximum Gasteiger partial charge on any atom is 0.129 e. The van der Waals surface area contributed by atoms with E-state index in [0.717, 1.165) is 18.5 Å². The summed E-state index contributed by atoms with van der Waals surface area (Å²) in [7, 11) is 0. The van der Waals surface area contributed by atoms with Gasteiger partial charge in [-0.05, 0) is 40.2 Å². The van der Waals surface area contributed by atoms with Gasteiger partial charge in [-0.15, -0.1) is 0 Å². The Balaban J connectivity index is 2.12. The molecule has 0 spiro atoms. The highest BCUT2D eigenvalue weighted by molar-refractivity contribution is 5.27. The molecule has 1 aliphatic rings. The van der Waals surface area contributed by atoms with E-state index >= 15 is 0 Å². The van der Waals surface area contributed by atoms with E-state index in [2.05, 4.69) is 26.1 Å². The maximum absolute atomic E-state index is 14.0. The number of hydrogen-bond acceptors (Lipinski definition) is 2. The number of halogens is 1. The van der Waals surface area contributed by atoms with Crippen molar-refractivity contribution in [2.45, 2.75) is 45.8 Å². The zero-order chi connectivity index (χ0) is 14.0. The van der Waals surface area contributed by atoms with Crippen LogP contribution in [-0.4, -0.2) is 18.7 Å². The lowest BCUT2D eigenvalue weighted by Crippen LogP contribution is -2.39. The first kappa shape index (κ1) is 14.5. The van der Waals surface area contributed by atoms with Crippen LogP contribution in [0.2, 0.25) is 0 Å². The molecule has 1 aromatic carbocycles. The summed E-state index contributed by atoms with van der Waals surface area (Å²) >= 11 is 0. The van der Waals surface area contributed by atoms with Crippen molar-refractivity contribution >= 4 is 0 Å². The van der Waals surface area contributed by atoms with Crippen molar-refractivity contribution in [2.24, 2.45) is 5.92 Å². The smallest absolute Gasteiger partial charge is 0.129 e. The molecule has 2 atom stereocenters. The van der Waals surface area contributed by atoms with Gasteiger partial charge in [-0.1, -0.05) is 17.7 Å². The van der Waals surface area contributed by atoms with Crippen LogP contribution in [-0.2, 0) is 4.74 Å². The number of benzene rings is 1. The quantitative estimate of drug-likeness (QED) is 0.901. The minimum Gasteiger partial charge on any atom is -0.373 e. The Bertz CT molecular complexity index is 439. The van der Waals surface area contributed by atoms with Crippen molar-refractivity contribution < 1.29 is 9.13 Å². The average molecular weight is 265 g/mol. The van der Waals surface area contributed by atoms with Crippen LogP contribution in [0, 0.1) is 18.7 Å². The van der Waals surface area contributed by atoms with Crippen molar-refractivity contribution in [3.05, 3.63) is 35.1 Å². The number of nitrogens with one attached hydrogen (secondary N) is 1. The Morgan fingerprint density at radius 3 is 2.79 bits per heavy atom. The Morgan fingerprint density at radius 2 is 2.11 bits per heavy atom. The summed E-state index contributed by atoms with van der Waals surface area (Å²) in [6.07, 6.45) is 0.871. The van der Waals surface area contributed by atoms with Gasteiger partial charge in [0.25, 0.3) is 0 Å². The van der Waals surface area contributed by atoms with Crippen LogP contribution in [0.5, 0.6) is 0 Å². The Morgan fingerprint density at radius 1 is 1.37 bits per heavy atom. The molecule has 2 unspecified atom stereocenters. The molecular weight excluding hydrogens is 241 g/mol. The zero-order valence-electron chi connectivity index (χ0n) is 12.3. The van der Waals surface area contributed by atoms with Crippen molar-refractivity contribution in [1.29, 1.82) is 0 Å². The summed E-state index contributed by atoms with van der Waals surface area (Å²) < 4.78 is 19.7. The highest BCUT2D eigenvalue weighted by Gasteiger charge is 2.32. The minimum absolute atomic E-state index is 0.0816. The van der Waals surface area contributed by atoms with E-state index in [1.807, 2.05) is 13.0 Å². The number of rotatable bonds is 3. The molecule has 0 saturated carbocycles. The van der Waals surface area contributed by atoms with Gasteiger partial charge in [-0.25, -0.2) is 4.39 Å². The summed E-state index contributed by atoms with van der Waals surface area (Å²) in [5.74, 6) is 0.189. The fourth-order valence-electron chi connectivity index (χ4n) is 2.51. The van der Waals surface area contributed by atoms with Crippen molar-refractivity contribution in [1.82, 2.24) is 5.32 Å². The molecule has 1 aromatic rings. The molecule has 19 heavy (non-hydrogen) atoms. The maximum atomic E-state index is 14.0. The minimum atomic E-state index is -0.154. The van der Waals surface area contributed by atoms with Crippen LogP contribution in [0.4, 0.5) is 4.39 Å². The van der Waals surface area contributed by atoms with Crippen LogP contribution in [0.25, 0.3) is 0 Å². The van der Waals surface area contributed by atoms with E-state index in [9.17, 15) is 4.39 Å². The van der Waals surface area contributed by atoms with E-state index in [-0.39, 0.29) is 17.5 Å². The second kappa shape index (κ2) is 5.59. The normalized spacial score (nSPS) is 23.8. The largest absolute Gasteiger partial charge is 0.373 e. The van der Waals surface area contributed by atoms with Crippen LogP contribution in [0.1, 0.15) is 44.4 Å².